The van der Waals surface area contributed by atoms with E-state index in [2.05, 4.69) is 10.5 Å². The van der Waals surface area contributed by atoms with Crippen molar-refractivity contribution in [2.75, 3.05) is 13.2 Å². The van der Waals surface area contributed by atoms with Crippen molar-refractivity contribution in [3.63, 3.8) is 0 Å². The van der Waals surface area contributed by atoms with E-state index in [4.69, 9.17) is 5.11 Å². The fraction of sp³-hybridized carbons (Fsp3) is 0.462. The average molecular weight is 314 g/mol. The molecular formula is C13H18N2O5S. The van der Waals surface area contributed by atoms with Crippen molar-refractivity contribution in [2.24, 2.45) is 5.10 Å². The van der Waals surface area contributed by atoms with E-state index in [9.17, 15) is 20.4 Å². The summed E-state index contributed by atoms with van der Waals surface area (Å²) in [4.78, 5) is -1.37. The van der Waals surface area contributed by atoms with E-state index < -0.39 is 36.4 Å². The lowest BCUT2D eigenvalue weighted by Crippen LogP contribution is -2.58. The molecule has 0 spiro atoms. The van der Waals surface area contributed by atoms with Crippen LogP contribution in [0.5, 0.6) is 0 Å². The molecule has 21 heavy (non-hydrogen) atoms. The minimum atomic E-state index is -1.62. The SMILES string of the molecule is OC[C@@H](O)[C@@H](O)[C@H](O)[C@@]1(CO)NN=C(c2ccccc2)S1. The second kappa shape index (κ2) is 6.73. The van der Waals surface area contributed by atoms with Crippen molar-refractivity contribution < 1.29 is 25.5 Å². The first-order valence-electron chi connectivity index (χ1n) is 6.39. The van der Waals surface area contributed by atoms with Gasteiger partial charge in [-0.05, 0) is 0 Å². The second-order valence-electron chi connectivity index (χ2n) is 4.73. The van der Waals surface area contributed by atoms with Gasteiger partial charge >= 0.3 is 0 Å². The van der Waals surface area contributed by atoms with E-state index in [1.54, 1.807) is 0 Å². The Hall–Kier alpha value is -1.16. The summed E-state index contributed by atoms with van der Waals surface area (Å²) in [5.74, 6) is 0. The molecule has 2 rings (SSSR count). The summed E-state index contributed by atoms with van der Waals surface area (Å²) in [6.07, 6.45) is -4.65. The molecule has 1 aromatic rings. The average Bonchev–Trinajstić information content (AvgIpc) is 2.99. The molecule has 0 aliphatic carbocycles. The van der Waals surface area contributed by atoms with Gasteiger partial charge in [0.2, 0.25) is 0 Å². The van der Waals surface area contributed by atoms with E-state index in [0.29, 0.717) is 5.04 Å². The van der Waals surface area contributed by atoms with Crippen molar-refractivity contribution in [3.8, 4) is 0 Å². The zero-order valence-electron chi connectivity index (χ0n) is 11.1. The fourth-order valence-corrected chi connectivity index (χ4v) is 3.06. The Morgan fingerprint density at radius 3 is 2.38 bits per heavy atom. The van der Waals surface area contributed by atoms with Gasteiger partial charge < -0.3 is 25.5 Å². The molecule has 1 aliphatic heterocycles. The number of benzene rings is 1. The Labute approximate surface area is 125 Å². The first-order chi connectivity index (χ1) is 10.0. The zero-order chi connectivity index (χ0) is 15.5. The minimum Gasteiger partial charge on any atom is -0.394 e. The summed E-state index contributed by atoms with van der Waals surface area (Å²) >= 11 is 1.06. The van der Waals surface area contributed by atoms with Gasteiger partial charge in [0, 0.05) is 5.56 Å². The molecule has 0 unspecified atom stereocenters. The van der Waals surface area contributed by atoms with Gasteiger partial charge in [-0.2, -0.15) is 5.10 Å². The van der Waals surface area contributed by atoms with Crippen molar-refractivity contribution in [2.45, 2.75) is 23.2 Å². The van der Waals surface area contributed by atoms with Gasteiger partial charge in [-0.1, -0.05) is 42.1 Å². The van der Waals surface area contributed by atoms with Gasteiger partial charge in [0.05, 0.1) is 13.2 Å². The van der Waals surface area contributed by atoms with E-state index >= 15 is 0 Å². The maximum Gasteiger partial charge on any atom is 0.157 e. The molecule has 1 aromatic carbocycles. The summed E-state index contributed by atoms with van der Waals surface area (Å²) in [6.45, 7) is -1.22. The van der Waals surface area contributed by atoms with Crippen LogP contribution in [-0.4, -0.2) is 67.0 Å². The van der Waals surface area contributed by atoms with Crippen LogP contribution >= 0.6 is 11.8 Å². The summed E-state index contributed by atoms with van der Waals surface area (Å²) in [6, 6.07) is 9.17. The smallest absolute Gasteiger partial charge is 0.157 e. The van der Waals surface area contributed by atoms with Crippen molar-refractivity contribution in [1.29, 1.82) is 0 Å². The molecule has 0 fully saturated rings. The normalized spacial score (nSPS) is 25.9. The van der Waals surface area contributed by atoms with Crippen LogP contribution in [0, 0.1) is 0 Å². The molecule has 1 aliphatic rings. The van der Waals surface area contributed by atoms with Crippen LogP contribution in [0.1, 0.15) is 5.56 Å². The van der Waals surface area contributed by atoms with Crippen molar-refractivity contribution in [3.05, 3.63) is 35.9 Å². The Morgan fingerprint density at radius 1 is 1.14 bits per heavy atom. The Bertz CT molecular complexity index is 501. The van der Waals surface area contributed by atoms with Crippen LogP contribution in [0.2, 0.25) is 0 Å². The monoisotopic (exact) mass is 314 g/mol. The van der Waals surface area contributed by atoms with Crippen molar-refractivity contribution in [1.82, 2.24) is 5.43 Å². The highest BCUT2D eigenvalue weighted by Crippen LogP contribution is 2.36. The number of hydrogen-bond acceptors (Lipinski definition) is 8. The van der Waals surface area contributed by atoms with Crippen LogP contribution in [0.3, 0.4) is 0 Å². The van der Waals surface area contributed by atoms with Crippen LogP contribution in [0.25, 0.3) is 0 Å². The molecule has 0 saturated heterocycles. The van der Waals surface area contributed by atoms with Crippen LogP contribution in [-0.2, 0) is 0 Å². The third-order valence-electron chi connectivity index (χ3n) is 3.26. The molecule has 0 amide bonds. The van der Waals surface area contributed by atoms with Gasteiger partial charge in [0.1, 0.15) is 23.4 Å². The Kier molecular flexibility index (Phi) is 5.20. The first-order valence-corrected chi connectivity index (χ1v) is 7.21. The van der Waals surface area contributed by atoms with E-state index in [0.717, 1.165) is 17.3 Å². The Morgan fingerprint density at radius 2 is 1.81 bits per heavy atom. The number of aliphatic hydroxyl groups is 5. The van der Waals surface area contributed by atoms with Gasteiger partial charge in [-0.15, -0.1) is 0 Å². The molecule has 0 saturated carbocycles. The second-order valence-corrected chi connectivity index (χ2v) is 6.05. The molecule has 0 bridgehead atoms. The largest absolute Gasteiger partial charge is 0.394 e. The number of nitrogens with one attached hydrogen (secondary N) is 1. The van der Waals surface area contributed by atoms with Gasteiger partial charge in [-0.25, -0.2) is 0 Å². The molecule has 8 heteroatoms. The number of nitrogens with zero attached hydrogens (tertiary/aromatic N) is 1. The number of hydrazone groups is 1. The zero-order valence-corrected chi connectivity index (χ0v) is 11.9. The number of thioether (sulfide) groups is 1. The summed E-state index contributed by atoms with van der Waals surface area (Å²) in [7, 11) is 0. The lowest BCUT2D eigenvalue weighted by atomic mass is 10.0. The predicted octanol–water partition coefficient (Wildman–Crippen LogP) is -1.55. The number of rotatable bonds is 6. The lowest BCUT2D eigenvalue weighted by Gasteiger charge is -2.35. The van der Waals surface area contributed by atoms with E-state index in [-0.39, 0.29) is 0 Å². The molecule has 1 heterocycles. The number of aliphatic hydroxyl groups excluding tert-OH is 5. The number of hydrogen-bond donors (Lipinski definition) is 6. The Balaban J connectivity index is 2.15. The first kappa shape index (κ1) is 16.2. The van der Waals surface area contributed by atoms with E-state index in [1.165, 1.54) is 0 Å². The minimum absolute atomic E-state index is 0.520. The molecule has 0 radical (unpaired) electrons. The third kappa shape index (κ3) is 3.20. The molecular weight excluding hydrogens is 296 g/mol. The molecule has 6 N–H and O–H groups in total. The maximum absolute atomic E-state index is 10.2. The maximum atomic E-state index is 10.2. The van der Waals surface area contributed by atoms with Crippen LogP contribution < -0.4 is 5.43 Å². The fourth-order valence-electron chi connectivity index (χ4n) is 1.95. The van der Waals surface area contributed by atoms with Crippen molar-refractivity contribution >= 4 is 16.8 Å². The summed E-state index contributed by atoms with van der Waals surface area (Å²) in [5, 5.41) is 52.5. The molecule has 4 atom stereocenters. The predicted molar refractivity (Wildman–Crippen MR) is 78.6 cm³/mol. The third-order valence-corrected chi connectivity index (χ3v) is 4.61. The highest BCUT2D eigenvalue weighted by molar-refractivity contribution is 8.15. The quantitative estimate of drug-likeness (QED) is 0.375. The lowest BCUT2D eigenvalue weighted by molar-refractivity contribution is -0.0969. The van der Waals surface area contributed by atoms with Gasteiger partial charge in [0.25, 0.3) is 0 Å². The van der Waals surface area contributed by atoms with E-state index in [1.807, 2.05) is 30.3 Å². The standard InChI is InChI=1S/C13H18N2O5S/c16-6-9(18)10(19)11(20)13(7-17)15-14-12(21-13)8-4-2-1-3-5-8/h1-5,9-11,15-20H,6-7H2/t9-,10-,11+,13+/m1/s1. The highest BCUT2D eigenvalue weighted by atomic mass is 32.2. The molecule has 116 valence electrons. The highest BCUT2D eigenvalue weighted by Gasteiger charge is 2.48. The van der Waals surface area contributed by atoms with Crippen LogP contribution in [0.4, 0.5) is 0 Å². The molecule has 7 nitrogen and oxygen atoms in total. The summed E-state index contributed by atoms with van der Waals surface area (Å²) in [5.41, 5.74) is 3.43. The summed E-state index contributed by atoms with van der Waals surface area (Å²) < 4.78 is 0. The topological polar surface area (TPSA) is 126 Å². The van der Waals surface area contributed by atoms with Crippen LogP contribution in [0.15, 0.2) is 35.4 Å². The van der Waals surface area contributed by atoms with Gasteiger partial charge in [0.15, 0.2) is 4.87 Å². The van der Waals surface area contributed by atoms with Gasteiger partial charge in [-0.3, -0.25) is 5.43 Å². The molecule has 0 aromatic heterocycles.